The second-order valence-electron chi connectivity index (χ2n) is 6.40. The van der Waals surface area contributed by atoms with E-state index >= 15 is 0 Å². The zero-order chi connectivity index (χ0) is 24.1. The van der Waals surface area contributed by atoms with E-state index in [2.05, 4.69) is 14.8 Å². The number of amides is 1. The van der Waals surface area contributed by atoms with Gasteiger partial charge in [-0.15, -0.1) is 0 Å². The van der Waals surface area contributed by atoms with Gasteiger partial charge in [0.15, 0.2) is 0 Å². The Morgan fingerprint density at radius 3 is 2.22 bits per heavy atom. The number of hydrogen-bond acceptors (Lipinski definition) is 4. The van der Waals surface area contributed by atoms with Gasteiger partial charge in [-0.2, -0.15) is 30.7 Å². The first-order valence-corrected chi connectivity index (χ1v) is 8.78. The van der Waals surface area contributed by atoms with Crippen LogP contribution in [0.1, 0.15) is 11.1 Å². The van der Waals surface area contributed by atoms with Crippen molar-refractivity contribution in [3.63, 3.8) is 0 Å². The van der Waals surface area contributed by atoms with Crippen LogP contribution in [-0.4, -0.2) is 33.2 Å². The van der Waals surface area contributed by atoms with Gasteiger partial charge in [0.2, 0.25) is 5.91 Å². The fraction of sp³-hybridized carbons (Fsp3) is 0.250. The summed E-state index contributed by atoms with van der Waals surface area (Å²) >= 11 is 0. The molecule has 0 aromatic heterocycles. The minimum Gasteiger partial charge on any atom is -0.435 e. The number of anilines is 2. The van der Waals surface area contributed by atoms with Crippen molar-refractivity contribution in [2.75, 3.05) is 24.3 Å². The van der Waals surface area contributed by atoms with E-state index in [0.717, 1.165) is 42.5 Å². The number of nitrogens with one attached hydrogen (secondary N) is 1. The summed E-state index contributed by atoms with van der Waals surface area (Å²) in [6, 6.07) is 6.14. The van der Waals surface area contributed by atoms with Crippen molar-refractivity contribution in [3.8, 4) is 11.5 Å². The average molecular weight is 466 g/mol. The van der Waals surface area contributed by atoms with Gasteiger partial charge in [-0.1, -0.05) is 0 Å². The lowest BCUT2D eigenvalue weighted by atomic mass is 10.1. The monoisotopic (exact) mass is 466 g/mol. The molecule has 0 saturated carbocycles. The Morgan fingerprint density at radius 1 is 1.00 bits per heavy atom. The van der Waals surface area contributed by atoms with Crippen LogP contribution < -0.4 is 19.7 Å². The molecule has 2 aromatic carbocycles. The minimum absolute atomic E-state index is 0.124. The second-order valence-corrected chi connectivity index (χ2v) is 6.40. The highest BCUT2D eigenvalue weighted by molar-refractivity contribution is 6.02. The summed E-state index contributed by atoms with van der Waals surface area (Å²) in [5, 5.41) is 2.07. The number of alkyl halides is 7. The van der Waals surface area contributed by atoms with Crippen LogP contribution in [0.25, 0.3) is 6.08 Å². The Hall–Kier alpha value is -3.44. The fourth-order valence-corrected chi connectivity index (χ4v) is 2.52. The van der Waals surface area contributed by atoms with Gasteiger partial charge in [0.05, 0.1) is 11.3 Å². The van der Waals surface area contributed by atoms with E-state index in [0.29, 0.717) is 0 Å². The number of halogens is 7. The molecule has 0 unspecified atom stereocenters. The molecule has 12 heteroatoms. The van der Waals surface area contributed by atoms with Crippen LogP contribution in [0.5, 0.6) is 11.5 Å². The van der Waals surface area contributed by atoms with Crippen LogP contribution in [0.15, 0.2) is 42.5 Å². The Bertz CT molecular complexity index is 976. The van der Waals surface area contributed by atoms with Gasteiger partial charge < -0.3 is 19.7 Å². The van der Waals surface area contributed by atoms with Gasteiger partial charge >= 0.3 is 19.4 Å². The lowest BCUT2D eigenvalue weighted by Crippen LogP contribution is -2.16. The maximum Gasteiger partial charge on any atom is 0.418 e. The Morgan fingerprint density at radius 2 is 1.66 bits per heavy atom. The number of carbonyl (C=O) groups is 1. The maximum absolute atomic E-state index is 13.4. The predicted molar refractivity (Wildman–Crippen MR) is 103 cm³/mol. The molecule has 0 bridgehead atoms. The number of nitrogens with zero attached hydrogens (tertiary/aromatic N) is 1. The number of carbonyl (C=O) groups excluding carboxylic acids is 1. The molecule has 2 rings (SSSR count). The van der Waals surface area contributed by atoms with Crippen LogP contribution in [0, 0.1) is 0 Å². The number of ether oxygens (including phenoxy) is 2. The van der Waals surface area contributed by atoms with E-state index in [9.17, 15) is 35.5 Å². The Labute approximate surface area is 178 Å². The van der Waals surface area contributed by atoms with Crippen molar-refractivity contribution in [1.29, 1.82) is 0 Å². The first kappa shape index (κ1) is 24.8. The molecule has 5 nitrogen and oxygen atoms in total. The van der Waals surface area contributed by atoms with Crippen LogP contribution in [0.2, 0.25) is 0 Å². The zero-order valence-corrected chi connectivity index (χ0v) is 16.6. The van der Waals surface area contributed by atoms with Crippen molar-refractivity contribution in [2.45, 2.75) is 19.4 Å². The maximum atomic E-state index is 13.4. The van der Waals surface area contributed by atoms with Crippen LogP contribution in [0.3, 0.4) is 0 Å². The molecule has 0 aliphatic rings. The lowest BCUT2D eigenvalue weighted by Gasteiger charge is -2.18. The lowest BCUT2D eigenvalue weighted by molar-refractivity contribution is -0.136. The third-order valence-corrected chi connectivity index (χ3v) is 3.92. The van der Waals surface area contributed by atoms with Gasteiger partial charge in [0.1, 0.15) is 11.5 Å². The van der Waals surface area contributed by atoms with Gasteiger partial charge in [-0.05, 0) is 36.4 Å². The largest absolute Gasteiger partial charge is 0.435 e. The summed E-state index contributed by atoms with van der Waals surface area (Å²) in [5.41, 5.74) is -1.46. The molecule has 0 spiro atoms. The molecular weight excluding hydrogens is 449 g/mol. The fourth-order valence-electron chi connectivity index (χ4n) is 2.52. The normalized spacial score (nSPS) is 11.8. The average Bonchev–Trinajstić information content (AvgIpc) is 2.65. The van der Waals surface area contributed by atoms with E-state index in [4.69, 9.17) is 0 Å². The predicted octanol–water partition coefficient (Wildman–Crippen LogP) is 5.63. The van der Waals surface area contributed by atoms with E-state index in [1.165, 1.54) is 11.0 Å². The van der Waals surface area contributed by atoms with Crippen LogP contribution in [-0.2, 0) is 11.0 Å². The first-order valence-electron chi connectivity index (χ1n) is 8.78. The number of hydrogen-bond donors (Lipinski definition) is 1. The molecule has 0 aliphatic carbocycles. The smallest absolute Gasteiger partial charge is 0.418 e. The van der Waals surface area contributed by atoms with Crippen molar-refractivity contribution >= 4 is 23.4 Å². The van der Waals surface area contributed by atoms with Crippen LogP contribution >= 0.6 is 0 Å². The third-order valence-electron chi connectivity index (χ3n) is 3.92. The topological polar surface area (TPSA) is 50.8 Å². The Kier molecular flexibility index (Phi) is 7.95. The quantitative estimate of drug-likeness (QED) is 0.405. The van der Waals surface area contributed by atoms with Gasteiger partial charge in [-0.3, -0.25) is 4.79 Å². The molecule has 2 aromatic rings. The van der Waals surface area contributed by atoms with Crippen molar-refractivity contribution in [3.05, 3.63) is 53.6 Å². The van der Waals surface area contributed by atoms with E-state index in [1.54, 1.807) is 14.1 Å². The molecule has 0 aliphatic heterocycles. The Balaban J connectivity index is 2.27. The van der Waals surface area contributed by atoms with Gasteiger partial charge in [-0.25, -0.2) is 0 Å². The summed E-state index contributed by atoms with van der Waals surface area (Å²) in [4.78, 5) is 13.6. The molecule has 32 heavy (non-hydrogen) atoms. The summed E-state index contributed by atoms with van der Waals surface area (Å²) in [6.07, 6.45) is -3.00. The summed E-state index contributed by atoms with van der Waals surface area (Å²) in [7, 11) is 3.10. The summed E-state index contributed by atoms with van der Waals surface area (Å²) in [5.74, 6) is -2.04. The van der Waals surface area contributed by atoms with Gasteiger partial charge in [0, 0.05) is 37.5 Å². The molecule has 174 valence electrons. The van der Waals surface area contributed by atoms with E-state index in [-0.39, 0.29) is 11.3 Å². The molecule has 0 radical (unpaired) electrons. The molecular formula is C20H17F7N2O3. The van der Waals surface area contributed by atoms with E-state index in [1.807, 2.05) is 0 Å². The highest BCUT2D eigenvalue weighted by atomic mass is 19.4. The van der Waals surface area contributed by atoms with Crippen molar-refractivity contribution in [1.82, 2.24) is 0 Å². The minimum atomic E-state index is -4.75. The number of rotatable bonds is 8. The van der Waals surface area contributed by atoms with Crippen LogP contribution in [0.4, 0.5) is 42.1 Å². The van der Waals surface area contributed by atoms with Crippen molar-refractivity contribution < 1.29 is 45.0 Å². The van der Waals surface area contributed by atoms with Gasteiger partial charge in [0.25, 0.3) is 0 Å². The summed E-state index contributed by atoms with van der Waals surface area (Å²) in [6.45, 7) is -6.51. The molecule has 0 fully saturated rings. The third kappa shape index (κ3) is 7.06. The second kappa shape index (κ2) is 10.2. The number of benzene rings is 2. The van der Waals surface area contributed by atoms with Crippen molar-refractivity contribution in [2.24, 2.45) is 0 Å². The summed E-state index contributed by atoms with van der Waals surface area (Å²) < 4.78 is 98.2. The highest BCUT2D eigenvalue weighted by Gasteiger charge is 2.34. The molecule has 0 atom stereocenters. The standard InChI is InChI=1S/C20H17F7N2O3/c1-29(2)12-5-7-15(14(9-12)20(25,26)27)28-17(30)8-4-11-3-6-13(31-18(21)22)10-16(11)32-19(23)24/h3-10,18-19H,1-2H3,(H,28,30)/b8-4+. The SMILES string of the molecule is CN(C)c1ccc(NC(=O)/C=C/c2ccc(OC(F)F)cc2OC(F)F)c(C(F)(F)F)c1. The molecule has 0 saturated heterocycles. The molecule has 1 amide bonds. The molecule has 0 heterocycles. The first-order chi connectivity index (χ1) is 14.9. The highest BCUT2D eigenvalue weighted by Crippen LogP contribution is 2.37. The zero-order valence-electron chi connectivity index (χ0n) is 16.6. The van der Waals surface area contributed by atoms with E-state index < -0.39 is 48.1 Å². The molecule has 1 N–H and O–H groups in total.